The summed E-state index contributed by atoms with van der Waals surface area (Å²) < 4.78 is 1.17. The molecule has 2 nitrogen and oxygen atoms in total. The van der Waals surface area contributed by atoms with Crippen LogP contribution in [-0.4, -0.2) is 24.0 Å². The van der Waals surface area contributed by atoms with Crippen LogP contribution >= 0.6 is 27.3 Å². The van der Waals surface area contributed by atoms with Gasteiger partial charge < -0.3 is 5.73 Å². The summed E-state index contributed by atoms with van der Waals surface area (Å²) in [7, 11) is 0. The first-order valence-electron chi connectivity index (χ1n) is 7.19. The summed E-state index contributed by atoms with van der Waals surface area (Å²) in [5.74, 6) is 0. The van der Waals surface area contributed by atoms with Crippen molar-refractivity contribution in [2.45, 2.75) is 52.1 Å². The molecule has 1 aromatic heterocycles. The zero-order valence-corrected chi connectivity index (χ0v) is 14.6. The highest BCUT2D eigenvalue weighted by molar-refractivity contribution is 9.10. The van der Waals surface area contributed by atoms with Crippen LogP contribution in [0, 0.1) is 5.41 Å². The van der Waals surface area contributed by atoms with Gasteiger partial charge in [0.05, 0.1) is 6.04 Å². The third-order valence-corrected chi connectivity index (χ3v) is 6.39. The lowest BCUT2D eigenvalue weighted by atomic mass is 9.77. The van der Waals surface area contributed by atoms with E-state index in [1.807, 2.05) is 11.3 Å². The number of nitrogens with two attached hydrogens (primary N) is 1. The molecule has 0 radical (unpaired) electrons. The van der Waals surface area contributed by atoms with Crippen molar-refractivity contribution in [1.29, 1.82) is 0 Å². The zero-order valence-electron chi connectivity index (χ0n) is 12.2. The van der Waals surface area contributed by atoms with Gasteiger partial charge in [0.1, 0.15) is 0 Å². The summed E-state index contributed by atoms with van der Waals surface area (Å²) >= 11 is 5.37. The second-order valence-corrected chi connectivity index (χ2v) is 8.03. The molecule has 2 rings (SSSR count). The van der Waals surface area contributed by atoms with Crippen molar-refractivity contribution >= 4 is 27.3 Å². The van der Waals surface area contributed by atoms with Crippen molar-refractivity contribution in [1.82, 2.24) is 4.90 Å². The SMILES string of the molecule is CCC1(C)CCN(C(c2cc(Br)cs2)C(C)N)CC1. The van der Waals surface area contributed by atoms with Crippen LogP contribution in [0.5, 0.6) is 0 Å². The predicted octanol–water partition coefficient (Wildman–Crippen LogP) is 4.41. The molecule has 1 aliphatic heterocycles. The van der Waals surface area contributed by atoms with E-state index in [9.17, 15) is 0 Å². The molecular weight excluding hydrogens is 320 g/mol. The van der Waals surface area contributed by atoms with Gasteiger partial charge in [0.15, 0.2) is 0 Å². The van der Waals surface area contributed by atoms with Crippen molar-refractivity contribution in [2.75, 3.05) is 13.1 Å². The molecular formula is C15H25BrN2S. The average Bonchev–Trinajstić information content (AvgIpc) is 2.78. The molecule has 2 N–H and O–H groups in total. The smallest absolute Gasteiger partial charge is 0.0591 e. The Hall–Kier alpha value is 0.1000. The first-order chi connectivity index (χ1) is 8.95. The molecule has 1 saturated heterocycles. The Morgan fingerprint density at radius 2 is 2.11 bits per heavy atom. The van der Waals surface area contributed by atoms with Crippen LogP contribution in [0.4, 0.5) is 0 Å². The normalized spacial score (nSPS) is 23.2. The Labute approximate surface area is 129 Å². The maximum absolute atomic E-state index is 6.26. The van der Waals surface area contributed by atoms with Gasteiger partial charge in [-0.15, -0.1) is 11.3 Å². The quantitative estimate of drug-likeness (QED) is 0.876. The summed E-state index contributed by atoms with van der Waals surface area (Å²) in [5.41, 5.74) is 6.80. The molecule has 2 heterocycles. The van der Waals surface area contributed by atoms with Crippen LogP contribution in [0.15, 0.2) is 15.9 Å². The van der Waals surface area contributed by atoms with Crippen molar-refractivity contribution in [3.8, 4) is 0 Å². The fourth-order valence-electron chi connectivity index (χ4n) is 2.95. The molecule has 0 aliphatic carbocycles. The van der Waals surface area contributed by atoms with E-state index in [4.69, 9.17) is 5.73 Å². The average molecular weight is 345 g/mol. The Kier molecular flexibility index (Phi) is 5.09. The van der Waals surface area contributed by atoms with Crippen LogP contribution < -0.4 is 5.73 Å². The van der Waals surface area contributed by atoms with Gasteiger partial charge in [-0.3, -0.25) is 4.90 Å². The number of thiophene rings is 1. The van der Waals surface area contributed by atoms with E-state index in [1.165, 1.54) is 41.7 Å². The summed E-state index contributed by atoms with van der Waals surface area (Å²) in [5, 5.41) is 2.16. The van der Waals surface area contributed by atoms with Crippen LogP contribution in [0.1, 0.15) is 51.0 Å². The van der Waals surface area contributed by atoms with Gasteiger partial charge in [0, 0.05) is 20.8 Å². The Balaban J connectivity index is 2.10. The third-order valence-electron chi connectivity index (χ3n) is 4.63. The van der Waals surface area contributed by atoms with E-state index in [0.29, 0.717) is 11.5 Å². The number of rotatable bonds is 4. The Bertz CT molecular complexity index is 408. The molecule has 0 spiro atoms. The third kappa shape index (κ3) is 3.60. The zero-order chi connectivity index (χ0) is 14.0. The molecule has 19 heavy (non-hydrogen) atoms. The van der Waals surface area contributed by atoms with E-state index in [-0.39, 0.29) is 6.04 Å². The second kappa shape index (κ2) is 6.25. The lowest BCUT2D eigenvalue weighted by Crippen LogP contribution is -2.45. The number of hydrogen-bond acceptors (Lipinski definition) is 3. The molecule has 108 valence electrons. The summed E-state index contributed by atoms with van der Waals surface area (Å²) in [6, 6.07) is 2.78. The molecule has 0 amide bonds. The van der Waals surface area contributed by atoms with Crippen LogP contribution in [0.25, 0.3) is 0 Å². The fourth-order valence-corrected chi connectivity index (χ4v) is 4.64. The summed E-state index contributed by atoms with van der Waals surface area (Å²) in [4.78, 5) is 3.97. The first kappa shape index (κ1) is 15.5. The maximum atomic E-state index is 6.26. The maximum Gasteiger partial charge on any atom is 0.0591 e. The molecule has 1 aliphatic rings. The number of piperidine rings is 1. The number of likely N-dealkylation sites (tertiary alicyclic amines) is 1. The predicted molar refractivity (Wildman–Crippen MR) is 87.6 cm³/mol. The monoisotopic (exact) mass is 344 g/mol. The van der Waals surface area contributed by atoms with E-state index in [1.54, 1.807) is 0 Å². The highest BCUT2D eigenvalue weighted by atomic mass is 79.9. The van der Waals surface area contributed by atoms with Crippen LogP contribution in [0.3, 0.4) is 0 Å². The fraction of sp³-hybridized carbons (Fsp3) is 0.733. The van der Waals surface area contributed by atoms with Gasteiger partial charge >= 0.3 is 0 Å². The van der Waals surface area contributed by atoms with Gasteiger partial charge in [-0.1, -0.05) is 20.3 Å². The van der Waals surface area contributed by atoms with Crippen molar-refractivity contribution in [2.24, 2.45) is 11.1 Å². The van der Waals surface area contributed by atoms with E-state index < -0.39 is 0 Å². The van der Waals surface area contributed by atoms with Gasteiger partial charge in [-0.05, 0) is 60.3 Å². The minimum atomic E-state index is 0.177. The first-order valence-corrected chi connectivity index (χ1v) is 8.86. The van der Waals surface area contributed by atoms with E-state index in [2.05, 4.69) is 53.0 Å². The van der Waals surface area contributed by atoms with E-state index in [0.717, 1.165) is 0 Å². The number of nitrogens with zero attached hydrogens (tertiary/aromatic N) is 1. The van der Waals surface area contributed by atoms with Gasteiger partial charge in [-0.25, -0.2) is 0 Å². The minimum Gasteiger partial charge on any atom is -0.326 e. The summed E-state index contributed by atoms with van der Waals surface area (Å²) in [6.45, 7) is 9.21. The molecule has 0 bridgehead atoms. The highest BCUT2D eigenvalue weighted by Crippen LogP contribution is 2.39. The largest absolute Gasteiger partial charge is 0.326 e. The van der Waals surface area contributed by atoms with Gasteiger partial charge in [-0.2, -0.15) is 0 Å². The highest BCUT2D eigenvalue weighted by Gasteiger charge is 2.33. The second-order valence-electron chi connectivity index (χ2n) is 6.17. The van der Waals surface area contributed by atoms with Gasteiger partial charge in [0.2, 0.25) is 0 Å². The standard InChI is InChI=1S/C15H25BrN2S/c1-4-15(3)5-7-18(8-6-15)14(11(2)17)13-9-12(16)10-19-13/h9-11,14H,4-8,17H2,1-3H3. The number of halogens is 1. The van der Waals surface area contributed by atoms with Crippen molar-refractivity contribution < 1.29 is 0 Å². The molecule has 4 heteroatoms. The molecule has 1 aromatic rings. The van der Waals surface area contributed by atoms with Gasteiger partial charge in [0.25, 0.3) is 0 Å². The molecule has 1 fully saturated rings. The molecule has 0 saturated carbocycles. The van der Waals surface area contributed by atoms with Crippen molar-refractivity contribution in [3.05, 3.63) is 20.8 Å². The Morgan fingerprint density at radius 1 is 1.47 bits per heavy atom. The minimum absolute atomic E-state index is 0.177. The molecule has 2 atom stereocenters. The summed E-state index contributed by atoms with van der Waals surface area (Å²) in [6.07, 6.45) is 3.87. The lowest BCUT2D eigenvalue weighted by Gasteiger charge is -2.43. The molecule has 0 aromatic carbocycles. The topological polar surface area (TPSA) is 29.3 Å². The lowest BCUT2D eigenvalue weighted by molar-refractivity contribution is 0.0735. The number of hydrogen-bond donors (Lipinski definition) is 1. The van der Waals surface area contributed by atoms with Crippen LogP contribution in [0.2, 0.25) is 0 Å². The molecule has 2 unspecified atom stereocenters. The van der Waals surface area contributed by atoms with Crippen molar-refractivity contribution in [3.63, 3.8) is 0 Å². The van der Waals surface area contributed by atoms with E-state index >= 15 is 0 Å². The Morgan fingerprint density at radius 3 is 2.53 bits per heavy atom. The van der Waals surface area contributed by atoms with Crippen LogP contribution in [-0.2, 0) is 0 Å².